The molecule has 4 rings (SSSR count). The van der Waals surface area contributed by atoms with Crippen LogP contribution in [0.15, 0.2) is 54.7 Å². The summed E-state index contributed by atoms with van der Waals surface area (Å²) in [5, 5.41) is 9.37. The average molecular weight is 390 g/mol. The molecule has 1 amide bonds. The third-order valence-electron chi connectivity index (χ3n) is 6.22. The van der Waals surface area contributed by atoms with Gasteiger partial charge in [0.2, 0.25) is 5.91 Å². The van der Waals surface area contributed by atoms with Crippen molar-refractivity contribution in [2.24, 2.45) is 0 Å². The van der Waals surface area contributed by atoms with Crippen LogP contribution in [0.1, 0.15) is 41.6 Å². The van der Waals surface area contributed by atoms with Gasteiger partial charge in [-0.25, -0.2) is 0 Å². The van der Waals surface area contributed by atoms with Gasteiger partial charge < -0.3 is 14.4 Å². The maximum absolute atomic E-state index is 13.1. The van der Waals surface area contributed by atoms with Gasteiger partial charge in [0.15, 0.2) is 0 Å². The topological polar surface area (TPSA) is 62.0 Å². The molecule has 150 valence electrons. The molecule has 2 heterocycles. The molecule has 1 aromatic carbocycles. The Bertz CT molecular complexity index is 1050. The quantitative estimate of drug-likeness (QED) is 0.723. The number of carboxylic acids is 1. The third-order valence-corrected chi connectivity index (χ3v) is 6.22. The highest BCUT2D eigenvalue weighted by Gasteiger charge is 2.31. The Morgan fingerprint density at radius 1 is 1.17 bits per heavy atom. The van der Waals surface area contributed by atoms with Crippen molar-refractivity contribution in [3.63, 3.8) is 0 Å². The second kappa shape index (κ2) is 7.74. The van der Waals surface area contributed by atoms with E-state index in [0.717, 1.165) is 47.2 Å². The van der Waals surface area contributed by atoms with Gasteiger partial charge in [0.05, 0.1) is 12.3 Å². The predicted octanol–water partition coefficient (Wildman–Crippen LogP) is 3.69. The van der Waals surface area contributed by atoms with E-state index in [0.29, 0.717) is 0 Å². The van der Waals surface area contributed by atoms with Crippen LogP contribution < -0.4 is 0 Å². The van der Waals surface area contributed by atoms with Crippen LogP contribution in [-0.4, -0.2) is 39.4 Å². The number of pyridine rings is 1. The first-order chi connectivity index (χ1) is 14.0. The Hall–Kier alpha value is -3.08. The molecule has 1 N–H and O–H groups in total. The van der Waals surface area contributed by atoms with E-state index in [4.69, 9.17) is 0 Å². The highest BCUT2D eigenvalue weighted by molar-refractivity contribution is 5.83. The van der Waals surface area contributed by atoms with Gasteiger partial charge in [-0.05, 0) is 48.6 Å². The van der Waals surface area contributed by atoms with Crippen LogP contribution in [-0.2, 0) is 28.9 Å². The van der Waals surface area contributed by atoms with Gasteiger partial charge in [0.1, 0.15) is 0 Å². The van der Waals surface area contributed by atoms with Gasteiger partial charge in [-0.15, -0.1) is 0 Å². The number of hydrogen-bond donors (Lipinski definition) is 1. The molecule has 1 aliphatic carbocycles. The molecule has 5 nitrogen and oxygen atoms in total. The number of likely N-dealkylation sites (N-methyl/N-ethyl adjacent to an activating group) is 1. The zero-order valence-electron chi connectivity index (χ0n) is 16.8. The number of hydrogen-bond acceptors (Lipinski definition) is 2. The number of fused-ring (bicyclic) bond motifs is 3. The Kier molecular flexibility index (Phi) is 5.14. The molecule has 1 aliphatic rings. The van der Waals surface area contributed by atoms with Gasteiger partial charge in [-0.1, -0.05) is 36.4 Å². The van der Waals surface area contributed by atoms with Gasteiger partial charge >= 0.3 is 5.97 Å². The maximum atomic E-state index is 13.1. The summed E-state index contributed by atoms with van der Waals surface area (Å²) in [4.78, 5) is 26.4. The van der Waals surface area contributed by atoms with Gasteiger partial charge in [-0.2, -0.15) is 0 Å². The van der Waals surface area contributed by atoms with Crippen LogP contribution >= 0.6 is 0 Å². The maximum Gasteiger partial charge on any atom is 0.307 e. The number of amides is 1. The lowest BCUT2D eigenvalue weighted by Crippen LogP contribution is -2.42. The number of rotatable bonds is 5. The summed E-state index contributed by atoms with van der Waals surface area (Å²) >= 11 is 0. The highest BCUT2D eigenvalue weighted by atomic mass is 16.4. The first-order valence-corrected chi connectivity index (χ1v) is 10.1. The number of carboxylic acid groups (broad SMARTS) is 1. The van der Waals surface area contributed by atoms with Crippen molar-refractivity contribution in [1.29, 1.82) is 0 Å². The zero-order valence-corrected chi connectivity index (χ0v) is 16.8. The van der Waals surface area contributed by atoms with E-state index < -0.39 is 5.97 Å². The molecule has 0 radical (unpaired) electrons. The summed E-state index contributed by atoms with van der Waals surface area (Å²) in [6.07, 6.45) is 4.41. The predicted molar refractivity (Wildman–Crippen MR) is 112 cm³/mol. The molecule has 0 saturated carbocycles. The number of nitrogens with zero attached hydrogens (tertiary/aromatic N) is 2. The van der Waals surface area contributed by atoms with E-state index in [1.165, 1.54) is 0 Å². The molecule has 0 fully saturated rings. The first-order valence-electron chi connectivity index (χ1n) is 10.1. The lowest BCUT2D eigenvalue weighted by Gasteiger charge is -2.33. The van der Waals surface area contributed by atoms with Crippen LogP contribution in [0.5, 0.6) is 0 Å². The summed E-state index contributed by atoms with van der Waals surface area (Å²) in [6.45, 7) is 1.96. The first kappa shape index (κ1) is 19.2. The average Bonchev–Trinajstić information content (AvgIpc) is 3.05. The Labute approximate surface area is 170 Å². The van der Waals surface area contributed by atoms with Crippen molar-refractivity contribution in [2.75, 3.05) is 7.05 Å². The van der Waals surface area contributed by atoms with E-state index in [1.54, 1.807) is 0 Å². The molecule has 3 aromatic rings. The molecule has 29 heavy (non-hydrogen) atoms. The monoisotopic (exact) mass is 390 g/mol. The van der Waals surface area contributed by atoms with E-state index in [-0.39, 0.29) is 24.3 Å². The lowest BCUT2D eigenvalue weighted by atomic mass is 9.88. The van der Waals surface area contributed by atoms with E-state index >= 15 is 0 Å². The van der Waals surface area contributed by atoms with Crippen molar-refractivity contribution in [3.05, 3.63) is 77.1 Å². The SMILES string of the molecule is CC(C(=O)N(C)[C@@H]1CCc2c(CC(=O)O)c3ccccn3c2C1)c1ccccc1. The summed E-state index contributed by atoms with van der Waals surface area (Å²) in [5.41, 5.74) is 5.19. The molecular formula is C24H26N2O3. The molecule has 1 unspecified atom stereocenters. The Morgan fingerprint density at radius 2 is 1.90 bits per heavy atom. The molecule has 5 heteroatoms. The van der Waals surface area contributed by atoms with E-state index in [9.17, 15) is 14.7 Å². The second-order valence-electron chi connectivity index (χ2n) is 7.91. The van der Waals surface area contributed by atoms with Gasteiger partial charge in [-0.3, -0.25) is 9.59 Å². The molecular weight excluding hydrogens is 364 g/mol. The number of aliphatic carboxylic acids is 1. The second-order valence-corrected chi connectivity index (χ2v) is 7.91. The lowest BCUT2D eigenvalue weighted by molar-refractivity contribution is -0.136. The minimum atomic E-state index is -0.810. The van der Waals surface area contributed by atoms with Crippen LogP contribution in [0.2, 0.25) is 0 Å². The molecule has 0 saturated heterocycles. The number of aromatic nitrogens is 1. The van der Waals surface area contributed by atoms with E-state index in [2.05, 4.69) is 4.40 Å². The molecule has 0 aliphatic heterocycles. The number of carbonyl (C=O) groups excluding carboxylic acids is 1. The number of benzene rings is 1. The summed E-state index contributed by atoms with van der Waals surface area (Å²) in [5.74, 6) is -0.874. The van der Waals surface area contributed by atoms with Crippen molar-refractivity contribution in [3.8, 4) is 0 Å². The largest absolute Gasteiger partial charge is 0.481 e. The Balaban J connectivity index is 1.61. The Morgan fingerprint density at radius 3 is 2.62 bits per heavy atom. The van der Waals surface area contributed by atoms with Crippen LogP contribution in [0.4, 0.5) is 0 Å². The summed E-state index contributed by atoms with van der Waals surface area (Å²) in [7, 11) is 1.89. The smallest absolute Gasteiger partial charge is 0.307 e. The highest BCUT2D eigenvalue weighted by Crippen LogP contribution is 2.33. The zero-order chi connectivity index (χ0) is 20.5. The fourth-order valence-electron chi connectivity index (χ4n) is 4.60. The number of carbonyl (C=O) groups is 2. The minimum absolute atomic E-state index is 0.0350. The third kappa shape index (κ3) is 3.53. The summed E-state index contributed by atoms with van der Waals surface area (Å²) < 4.78 is 2.11. The fraction of sp³-hybridized carbons (Fsp3) is 0.333. The molecule has 2 aromatic heterocycles. The van der Waals surface area contributed by atoms with Crippen molar-refractivity contribution in [2.45, 2.75) is 44.6 Å². The standard InChI is InChI=1S/C24H26N2O3/c1-16(17-8-4-3-5-9-17)24(29)25(2)18-11-12-19-20(15-23(27)28)21-10-6-7-13-26(21)22(19)14-18/h3-10,13,16,18H,11-12,14-15H2,1-2H3,(H,27,28)/t16?,18-/m1/s1. The van der Waals surface area contributed by atoms with Crippen molar-refractivity contribution in [1.82, 2.24) is 9.30 Å². The molecule has 0 spiro atoms. The van der Waals surface area contributed by atoms with E-state index in [1.807, 2.05) is 73.6 Å². The van der Waals surface area contributed by atoms with Gasteiger partial charge in [0.25, 0.3) is 0 Å². The van der Waals surface area contributed by atoms with Crippen LogP contribution in [0.25, 0.3) is 5.52 Å². The van der Waals surface area contributed by atoms with Gasteiger partial charge in [0, 0.05) is 36.9 Å². The van der Waals surface area contributed by atoms with Crippen molar-refractivity contribution >= 4 is 17.4 Å². The molecule has 0 bridgehead atoms. The normalized spacial score (nSPS) is 17.0. The molecule has 2 atom stereocenters. The van der Waals surface area contributed by atoms with Crippen LogP contribution in [0.3, 0.4) is 0 Å². The summed E-state index contributed by atoms with van der Waals surface area (Å²) in [6, 6.07) is 15.9. The fourth-order valence-corrected chi connectivity index (χ4v) is 4.60. The van der Waals surface area contributed by atoms with Crippen molar-refractivity contribution < 1.29 is 14.7 Å². The minimum Gasteiger partial charge on any atom is -0.481 e. The van der Waals surface area contributed by atoms with Crippen LogP contribution in [0, 0.1) is 0 Å².